The zero-order chi connectivity index (χ0) is 14.2. The second-order valence-electron chi connectivity index (χ2n) is 6.31. The van der Waals surface area contributed by atoms with Crippen molar-refractivity contribution in [3.05, 3.63) is 17.5 Å². The lowest BCUT2D eigenvalue weighted by molar-refractivity contribution is -0.135. The van der Waals surface area contributed by atoms with E-state index >= 15 is 0 Å². The van der Waals surface area contributed by atoms with Crippen LogP contribution < -0.4 is 0 Å². The van der Waals surface area contributed by atoms with Gasteiger partial charge in [-0.3, -0.25) is 9.69 Å². The van der Waals surface area contributed by atoms with Crippen molar-refractivity contribution in [2.24, 2.45) is 0 Å². The Morgan fingerprint density at radius 1 is 1.53 bits per heavy atom. The Labute approximate surface area is 114 Å². The summed E-state index contributed by atoms with van der Waals surface area (Å²) in [5, 5.41) is 3.98. The molecule has 1 aromatic rings. The molecule has 0 aliphatic carbocycles. The molecule has 0 radical (unpaired) electrons. The van der Waals surface area contributed by atoms with E-state index in [1.54, 1.807) is 0 Å². The van der Waals surface area contributed by atoms with Crippen LogP contribution in [0.2, 0.25) is 0 Å². The smallest absolute Gasteiger partial charge is 0.240 e. The summed E-state index contributed by atoms with van der Waals surface area (Å²) in [6.45, 7) is 9.58. The van der Waals surface area contributed by atoms with E-state index in [9.17, 15) is 4.79 Å². The van der Waals surface area contributed by atoms with E-state index in [0.29, 0.717) is 6.54 Å². The molecule has 0 bridgehead atoms. The van der Waals surface area contributed by atoms with E-state index in [4.69, 9.17) is 4.52 Å². The van der Waals surface area contributed by atoms with Crippen molar-refractivity contribution < 1.29 is 9.32 Å². The van der Waals surface area contributed by atoms with Gasteiger partial charge in [-0.2, -0.15) is 0 Å². The van der Waals surface area contributed by atoms with Crippen molar-refractivity contribution in [3.63, 3.8) is 0 Å². The molecule has 1 amide bonds. The van der Waals surface area contributed by atoms with Gasteiger partial charge in [0.05, 0.1) is 11.7 Å². The lowest BCUT2D eigenvalue weighted by Gasteiger charge is -2.32. The van der Waals surface area contributed by atoms with Gasteiger partial charge in [0.15, 0.2) is 0 Å². The number of hydrogen-bond donors (Lipinski definition) is 0. The first-order valence-electron chi connectivity index (χ1n) is 6.73. The van der Waals surface area contributed by atoms with Crippen LogP contribution in [0.25, 0.3) is 0 Å². The Bertz CT molecular complexity index is 462. The number of carbonyl (C=O) groups excluding carboxylic acids is 1. The first kappa shape index (κ1) is 14.1. The largest absolute Gasteiger partial charge is 0.361 e. The zero-order valence-electron chi connectivity index (χ0n) is 12.4. The molecule has 19 heavy (non-hydrogen) atoms. The van der Waals surface area contributed by atoms with E-state index in [-0.39, 0.29) is 17.5 Å². The second-order valence-corrected chi connectivity index (χ2v) is 6.31. The molecule has 0 aromatic carbocycles. The van der Waals surface area contributed by atoms with Gasteiger partial charge >= 0.3 is 0 Å². The third-order valence-corrected chi connectivity index (χ3v) is 3.61. The second kappa shape index (κ2) is 4.96. The van der Waals surface area contributed by atoms with E-state index < -0.39 is 0 Å². The molecule has 1 unspecified atom stereocenters. The fraction of sp³-hybridized carbons (Fsp3) is 0.714. The van der Waals surface area contributed by atoms with Gasteiger partial charge in [0.1, 0.15) is 5.76 Å². The van der Waals surface area contributed by atoms with Gasteiger partial charge in [-0.1, -0.05) is 5.16 Å². The number of hydrogen-bond acceptors (Lipinski definition) is 4. The molecule has 1 fully saturated rings. The summed E-state index contributed by atoms with van der Waals surface area (Å²) in [4.78, 5) is 16.5. The predicted molar refractivity (Wildman–Crippen MR) is 72.6 cm³/mol. The van der Waals surface area contributed by atoms with Crippen LogP contribution in [0.15, 0.2) is 10.6 Å². The number of aromatic nitrogens is 1. The summed E-state index contributed by atoms with van der Waals surface area (Å²) in [6.07, 6.45) is 0.878. The average molecular weight is 265 g/mol. The Kier molecular flexibility index (Phi) is 3.67. The van der Waals surface area contributed by atoms with E-state index in [2.05, 4.69) is 30.8 Å². The Hall–Kier alpha value is -1.36. The number of carbonyl (C=O) groups is 1. The van der Waals surface area contributed by atoms with Gasteiger partial charge in [0.25, 0.3) is 0 Å². The standard InChI is InChI=1S/C14H23N3O2/c1-10-8-11(15-19-10)9-16(5)12-6-7-17(13(12)18)14(2,3)4/h8,12H,6-7,9H2,1-5H3. The molecule has 5 nitrogen and oxygen atoms in total. The normalized spacial score (nSPS) is 20.6. The molecule has 2 heterocycles. The van der Waals surface area contributed by atoms with Crippen LogP contribution in [0.4, 0.5) is 0 Å². The summed E-state index contributed by atoms with van der Waals surface area (Å²) in [7, 11) is 1.97. The third-order valence-electron chi connectivity index (χ3n) is 3.61. The third kappa shape index (κ3) is 2.97. The topological polar surface area (TPSA) is 49.6 Å². The number of amides is 1. The zero-order valence-corrected chi connectivity index (χ0v) is 12.4. The maximum atomic E-state index is 12.4. The first-order chi connectivity index (χ1) is 8.79. The van der Waals surface area contributed by atoms with Crippen LogP contribution in [0, 0.1) is 6.92 Å². The van der Waals surface area contributed by atoms with Crippen molar-refractivity contribution in [1.82, 2.24) is 15.0 Å². The summed E-state index contributed by atoms with van der Waals surface area (Å²) < 4.78 is 5.06. The Morgan fingerprint density at radius 2 is 2.21 bits per heavy atom. The van der Waals surface area contributed by atoms with Crippen molar-refractivity contribution in [3.8, 4) is 0 Å². The minimum Gasteiger partial charge on any atom is -0.361 e. The number of rotatable bonds is 3. The lowest BCUT2D eigenvalue weighted by atomic mass is 10.1. The van der Waals surface area contributed by atoms with E-state index in [0.717, 1.165) is 24.4 Å². The van der Waals surface area contributed by atoms with Gasteiger partial charge in [-0.25, -0.2) is 0 Å². The minimum absolute atomic E-state index is 0.0452. The fourth-order valence-electron chi connectivity index (χ4n) is 2.60. The van der Waals surface area contributed by atoms with E-state index in [1.165, 1.54) is 0 Å². The molecule has 0 N–H and O–H groups in total. The molecule has 106 valence electrons. The van der Waals surface area contributed by atoms with Crippen LogP contribution in [0.3, 0.4) is 0 Å². The number of aryl methyl sites for hydroxylation is 1. The first-order valence-corrected chi connectivity index (χ1v) is 6.73. The number of likely N-dealkylation sites (N-methyl/N-ethyl adjacent to an activating group) is 1. The van der Waals surface area contributed by atoms with Gasteiger partial charge in [0, 0.05) is 24.7 Å². The van der Waals surface area contributed by atoms with Crippen molar-refractivity contribution in [1.29, 1.82) is 0 Å². The van der Waals surface area contributed by atoms with Crippen molar-refractivity contribution >= 4 is 5.91 Å². The molecule has 1 saturated heterocycles. The highest BCUT2D eigenvalue weighted by Gasteiger charge is 2.39. The van der Waals surface area contributed by atoms with Crippen molar-refractivity contribution in [2.75, 3.05) is 13.6 Å². The molecule has 2 rings (SSSR count). The van der Waals surface area contributed by atoms with Crippen LogP contribution in [-0.4, -0.2) is 46.0 Å². The summed E-state index contributed by atoms with van der Waals surface area (Å²) in [5.74, 6) is 1.02. The quantitative estimate of drug-likeness (QED) is 0.836. The molecule has 1 atom stereocenters. The molecule has 1 aliphatic heterocycles. The van der Waals surface area contributed by atoms with E-state index in [1.807, 2.05) is 24.9 Å². The molecule has 1 aromatic heterocycles. The summed E-state index contributed by atoms with van der Waals surface area (Å²) in [6, 6.07) is 1.87. The molecule has 0 spiro atoms. The van der Waals surface area contributed by atoms with Crippen molar-refractivity contribution in [2.45, 2.75) is 52.2 Å². The molecule has 0 saturated carbocycles. The Balaban J connectivity index is 2.01. The van der Waals surface area contributed by atoms with Crippen LogP contribution in [0.5, 0.6) is 0 Å². The molecular weight excluding hydrogens is 242 g/mol. The SMILES string of the molecule is Cc1cc(CN(C)C2CCN(C(C)(C)C)C2=O)no1. The number of nitrogens with zero attached hydrogens (tertiary/aromatic N) is 3. The summed E-state index contributed by atoms with van der Waals surface area (Å²) >= 11 is 0. The molecular formula is C14H23N3O2. The highest BCUT2D eigenvalue weighted by atomic mass is 16.5. The molecule has 1 aliphatic rings. The minimum atomic E-state index is -0.100. The van der Waals surface area contributed by atoms with Gasteiger partial charge < -0.3 is 9.42 Å². The van der Waals surface area contributed by atoms with Gasteiger partial charge in [0.2, 0.25) is 5.91 Å². The predicted octanol–water partition coefficient (Wildman–Crippen LogP) is 1.81. The van der Waals surface area contributed by atoms with Gasteiger partial charge in [-0.05, 0) is 41.2 Å². The Morgan fingerprint density at radius 3 is 2.68 bits per heavy atom. The highest BCUT2D eigenvalue weighted by molar-refractivity contribution is 5.84. The molecule has 5 heteroatoms. The average Bonchev–Trinajstić information content (AvgIpc) is 2.84. The maximum Gasteiger partial charge on any atom is 0.240 e. The lowest BCUT2D eigenvalue weighted by Crippen LogP contribution is -2.46. The fourth-order valence-corrected chi connectivity index (χ4v) is 2.60. The van der Waals surface area contributed by atoms with Gasteiger partial charge in [-0.15, -0.1) is 0 Å². The number of likely N-dealkylation sites (tertiary alicyclic amines) is 1. The van der Waals surface area contributed by atoms with Crippen LogP contribution in [0.1, 0.15) is 38.6 Å². The highest BCUT2D eigenvalue weighted by Crippen LogP contribution is 2.25. The maximum absolute atomic E-state index is 12.4. The monoisotopic (exact) mass is 265 g/mol. The van der Waals surface area contributed by atoms with Crippen LogP contribution in [-0.2, 0) is 11.3 Å². The van der Waals surface area contributed by atoms with Crippen LogP contribution >= 0.6 is 0 Å². The summed E-state index contributed by atoms with van der Waals surface area (Å²) in [5.41, 5.74) is 0.777.